The lowest BCUT2D eigenvalue weighted by atomic mass is 10.2. The Morgan fingerprint density at radius 3 is 2.61 bits per heavy atom. The molecular formula is C16H13ClN4O2. The molecule has 0 radical (unpaired) electrons. The van der Waals surface area contributed by atoms with E-state index in [1.165, 1.54) is 6.20 Å². The molecule has 23 heavy (non-hydrogen) atoms. The Balaban J connectivity index is 1.73. The maximum absolute atomic E-state index is 12.3. The quantitative estimate of drug-likeness (QED) is 0.756. The van der Waals surface area contributed by atoms with E-state index in [0.717, 1.165) is 0 Å². The van der Waals surface area contributed by atoms with E-state index in [1.54, 1.807) is 49.5 Å². The van der Waals surface area contributed by atoms with E-state index in [9.17, 15) is 4.79 Å². The number of benzene rings is 1. The van der Waals surface area contributed by atoms with Gasteiger partial charge in [-0.25, -0.2) is 0 Å². The number of anilines is 3. The summed E-state index contributed by atoms with van der Waals surface area (Å²) in [5, 5.41) is 10.3. The molecule has 0 bridgehead atoms. The van der Waals surface area contributed by atoms with Gasteiger partial charge in [-0.05, 0) is 37.3 Å². The summed E-state index contributed by atoms with van der Waals surface area (Å²) < 4.78 is 4.98. The van der Waals surface area contributed by atoms with Gasteiger partial charge < -0.3 is 15.2 Å². The average molecular weight is 329 g/mol. The van der Waals surface area contributed by atoms with Gasteiger partial charge >= 0.3 is 0 Å². The Morgan fingerprint density at radius 1 is 1.13 bits per heavy atom. The molecule has 1 aromatic carbocycles. The number of rotatable bonds is 4. The van der Waals surface area contributed by atoms with Crippen molar-refractivity contribution in [3.05, 3.63) is 65.1 Å². The highest BCUT2D eigenvalue weighted by atomic mass is 35.5. The molecule has 0 aliphatic heterocycles. The van der Waals surface area contributed by atoms with Gasteiger partial charge in [0.05, 0.1) is 17.4 Å². The summed E-state index contributed by atoms with van der Waals surface area (Å²) in [5.74, 6) is 0.983. The lowest BCUT2D eigenvalue weighted by molar-refractivity contribution is 0.102. The zero-order valence-electron chi connectivity index (χ0n) is 12.2. The van der Waals surface area contributed by atoms with Crippen LogP contribution in [0.25, 0.3) is 0 Å². The van der Waals surface area contributed by atoms with E-state index in [1.807, 2.05) is 0 Å². The zero-order chi connectivity index (χ0) is 16.2. The van der Waals surface area contributed by atoms with Crippen molar-refractivity contribution in [1.29, 1.82) is 0 Å². The summed E-state index contributed by atoms with van der Waals surface area (Å²) in [7, 11) is 0. The molecule has 3 rings (SSSR count). The molecule has 0 saturated heterocycles. The SMILES string of the molecule is Cc1cc(Nc2cncc(C(=O)Nc3ccc(Cl)cc3)c2)no1. The fourth-order valence-electron chi connectivity index (χ4n) is 1.94. The number of hydrogen-bond acceptors (Lipinski definition) is 5. The first-order chi connectivity index (χ1) is 11.1. The summed E-state index contributed by atoms with van der Waals surface area (Å²) in [6.45, 7) is 1.80. The van der Waals surface area contributed by atoms with E-state index >= 15 is 0 Å². The van der Waals surface area contributed by atoms with Gasteiger partial charge in [-0.15, -0.1) is 0 Å². The number of pyridine rings is 1. The molecule has 116 valence electrons. The second kappa shape index (κ2) is 6.50. The highest BCUT2D eigenvalue weighted by molar-refractivity contribution is 6.30. The molecule has 7 heteroatoms. The number of nitrogens with zero attached hydrogens (tertiary/aromatic N) is 2. The van der Waals surface area contributed by atoms with Crippen molar-refractivity contribution in [2.75, 3.05) is 10.6 Å². The summed E-state index contributed by atoms with van der Waals surface area (Å²) in [5.41, 5.74) is 1.72. The predicted octanol–water partition coefficient (Wildman–Crippen LogP) is 4.03. The summed E-state index contributed by atoms with van der Waals surface area (Å²) in [6, 6.07) is 10.3. The average Bonchev–Trinajstić information content (AvgIpc) is 2.95. The number of aromatic nitrogens is 2. The van der Waals surface area contributed by atoms with Gasteiger partial charge in [0.1, 0.15) is 5.76 Å². The maximum atomic E-state index is 12.3. The van der Waals surface area contributed by atoms with Crippen molar-refractivity contribution in [1.82, 2.24) is 10.1 Å². The second-order valence-electron chi connectivity index (χ2n) is 4.87. The van der Waals surface area contributed by atoms with Crippen LogP contribution >= 0.6 is 11.6 Å². The van der Waals surface area contributed by atoms with Gasteiger partial charge in [-0.3, -0.25) is 9.78 Å². The van der Waals surface area contributed by atoms with Crippen LogP contribution < -0.4 is 10.6 Å². The van der Waals surface area contributed by atoms with Crippen LogP contribution in [0.15, 0.2) is 53.3 Å². The lowest BCUT2D eigenvalue weighted by Crippen LogP contribution is -2.12. The molecule has 1 amide bonds. The third-order valence-corrected chi connectivity index (χ3v) is 3.25. The van der Waals surface area contributed by atoms with Crippen molar-refractivity contribution < 1.29 is 9.32 Å². The third kappa shape index (κ3) is 3.87. The molecule has 3 aromatic rings. The van der Waals surface area contributed by atoms with E-state index < -0.39 is 0 Å². The molecule has 0 atom stereocenters. The molecule has 0 aliphatic rings. The van der Waals surface area contributed by atoms with Crippen molar-refractivity contribution >= 4 is 34.7 Å². The zero-order valence-corrected chi connectivity index (χ0v) is 13.0. The van der Waals surface area contributed by atoms with Crippen molar-refractivity contribution in [3.8, 4) is 0 Å². The summed E-state index contributed by atoms with van der Waals surface area (Å²) in [4.78, 5) is 16.3. The van der Waals surface area contributed by atoms with Crippen LogP contribution in [0, 0.1) is 6.92 Å². The number of hydrogen-bond donors (Lipinski definition) is 2. The largest absolute Gasteiger partial charge is 0.360 e. The van der Waals surface area contributed by atoms with Gasteiger partial charge in [0, 0.05) is 23.0 Å². The van der Waals surface area contributed by atoms with Crippen LogP contribution in [0.3, 0.4) is 0 Å². The van der Waals surface area contributed by atoms with E-state index in [4.69, 9.17) is 16.1 Å². The van der Waals surface area contributed by atoms with Crippen LogP contribution in [-0.2, 0) is 0 Å². The first-order valence-corrected chi connectivity index (χ1v) is 7.20. The number of nitrogens with one attached hydrogen (secondary N) is 2. The number of amides is 1. The minimum atomic E-state index is -0.264. The Bertz CT molecular complexity index is 830. The Labute approximate surface area is 137 Å². The van der Waals surface area contributed by atoms with Gasteiger partial charge in [0.2, 0.25) is 0 Å². The molecule has 6 nitrogen and oxygen atoms in total. The summed E-state index contributed by atoms with van der Waals surface area (Å²) in [6.07, 6.45) is 3.09. The molecule has 0 unspecified atom stereocenters. The first-order valence-electron chi connectivity index (χ1n) is 6.82. The van der Waals surface area contributed by atoms with E-state index in [2.05, 4.69) is 20.8 Å². The lowest BCUT2D eigenvalue weighted by Gasteiger charge is -2.07. The molecular weight excluding hydrogens is 316 g/mol. The highest BCUT2D eigenvalue weighted by Gasteiger charge is 2.09. The van der Waals surface area contributed by atoms with Crippen LogP contribution in [0.1, 0.15) is 16.1 Å². The molecule has 2 N–H and O–H groups in total. The molecule has 0 saturated carbocycles. The van der Waals surface area contributed by atoms with Crippen molar-refractivity contribution in [2.24, 2.45) is 0 Å². The normalized spacial score (nSPS) is 10.3. The molecule has 0 spiro atoms. The molecule has 2 aromatic heterocycles. The van der Waals surface area contributed by atoms with E-state index in [0.29, 0.717) is 33.5 Å². The van der Waals surface area contributed by atoms with Crippen molar-refractivity contribution in [2.45, 2.75) is 6.92 Å². The predicted molar refractivity (Wildman–Crippen MR) is 88.2 cm³/mol. The van der Waals surface area contributed by atoms with E-state index in [-0.39, 0.29) is 5.91 Å². The third-order valence-electron chi connectivity index (χ3n) is 3.00. The van der Waals surface area contributed by atoms with Crippen LogP contribution in [0.2, 0.25) is 5.02 Å². The summed E-state index contributed by atoms with van der Waals surface area (Å²) >= 11 is 5.82. The Hall–Kier alpha value is -2.86. The Kier molecular flexibility index (Phi) is 4.25. The minimum absolute atomic E-state index is 0.264. The number of halogens is 1. The number of carbonyl (C=O) groups is 1. The van der Waals surface area contributed by atoms with Gasteiger partial charge in [0.25, 0.3) is 5.91 Å². The first kappa shape index (κ1) is 15.1. The highest BCUT2D eigenvalue weighted by Crippen LogP contribution is 2.18. The number of aryl methyl sites for hydroxylation is 1. The van der Waals surface area contributed by atoms with Crippen LogP contribution in [0.4, 0.5) is 17.2 Å². The molecule has 0 aliphatic carbocycles. The fraction of sp³-hybridized carbons (Fsp3) is 0.0625. The van der Waals surface area contributed by atoms with Gasteiger partial charge in [-0.1, -0.05) is 16.8 Å². The van der Waals surface area contributed by atoms with Crippen LogP contribution in [0.5, 0.6) is 0 Å². The van der Waals surface area contributed by atoms with Gasteiger partial charge in [0.15, 0.2) is 5.82 Å². The van der Waals surface area contributed by atoms with Crippen molar-refractivity contribution in [3.63, 3.8) is 0 Å². The fourth-order valence-corrected chi connectivity index (χ4v) is 2.07. The maximum Gasteiger partial charge on any atom is 0.257 e. The van der Waals surface area contributed by atoms with Gasteiger partial charge in [-0.2, -0.15) is 0 Å². The smallest absolute Gasteiger partial charge is 0.257 e. The monoisotopic (exact) mass is 328 g/mol. The topological polar surface area (TPSA) is 80.0 Å². The standard InChI is InChI=1S/C16H13ClN4O2/c1-10-6-15(21-23-10)19-14-7-11(8-18-9-14)16(22)20-13-4-2-12(17)3-5-13/h2-9H,1H3,(H,19,21)(H,20,22). The Morgan fingerprint density at radius 2 is 1.91 bits per heavy atom. The second-order valence-corrected chi connectivity index (χ2v) is 5.31. The molecule has 2 heterocycles. The number of carbonyl (C=O) groups excluding carboxylic acids is 1. The van der Waals surface area contributed by atoms with Crippen LogP contribution in [-0.4, -0.2) is 16.0 Å². The molecule has 0 fully saturated rings. The minimum Gasteiger partial charge on any atom is -0.360 e.